The molecule has 0 aliphatic carbocycles. The molecule has 0 amide bonds. The highest BCUT2D eigenvalue weighted by Crippen LogP contribution is 2.40. The lowest BCUT2D eigenvalue weighted by molar-refractivity contribution is 0.397. The molecule has 0 aliphatic heterocycles. The van der Waals surface area contributed by atoms with Crippen molar-refractivity contribution in [3.63, 3.8) is 0 Å². The summed E-state index contributed by atoms with van der Waals surface area (Å²) in [6, 6.07) is 5.49. The number of hydrogen-bond donors (Lipinski definition) is 1. The molecule has 16 heavy (non-hydrogen) atoms. The molecule has 0 fully saturated rings. The van der Waals surface area contributed by atoms with E-state index in [-0.39, 0.29) is 5.88 Å². The molecule has 0 saturated carbocycles. The summed E-state index contributed by atoms with van der Waals surface area (Å²) in [6.45, 7) is 0. The van der Waals surface area contributed by atoms with Crippen LogP contribution in [0, 0.1) is 0 Å². The SMILES string of the molecule is COc1cccc(OC)c1-c1cnoc1N. The Hall–Kier alpha value is -2.17. The van der Waals surface area contributed by atoms with E-state index in [1.807, 2.05) is 18.2 Å². The van der Waals surface area contributed by atoms with Crippen LogP contribution >= 0.6 is 0 Å². The Kier molecular flexibility index (Phi) is 2.68. The number of nitrogens with zero attached hydrogens (tertiary/aromatic N) is 1. The maximum atomic E-state index is 5.68. The Labute approximate surface area is 92.8 Å². The molecule has 0 atom stereocenters. The topological polar surface area (TPSA) is 70.5 Å². The predicted octanol–water partition coefficient (Wildman–Crippen LogP) is 1.94. The Morgan fingerprint density at radius 1 is 1.19 bits per heavy atom. The highest BCUT2D eigenvalue weighted by atomic mass is 16.5. The molecule has 5 heteroatoms. The maximum absolute atomic E-state index is 5.68. The number of ether oxygens (including phenoxy) is 2. The van der Waals surface area contributed by atoms with Gasteiger partial charge in [-0.1, -0.05) is 11.2 Å². The van der Waals surface area contributed by atoms with Crippen LogP contribution in [0.3, 0.4) is 0 Å². The molecule has 0 unspecified atom stereocenters. The van der Waals surface area contributed by atoms with E-state index in [1.54, 1.807) is 14.2 Å². The van der Waals surface area contributed by atoms with Gasteiger partial charge in [-0.25, -0.2) is 0 Å². The third-order valence-corrected chi connectivity index (χ3v) is 2.30. The lowest BCUT2D eigenvalue weighted by Crippen LogP contribution is -1.94. The number of nitrogen functional groups attached to an aromatic ring is 1. The quantitative estimate of drug-likeness (QED) is 0.855. The van der Waals surface area contributed by atoms with Crippen molar-refractivity contribution < 1.29 is 14.0 Å². The fraction of sp³-hybridized carbons (Fsp3) is 0.182. The van der Waals surface area contributed by atoms with E-state index in [4.69, 9.17) is 19.7 Å². The van der Waals surface area contributed by atoms with Crippen molar-refractivity contribution in [2.75, 3.05) is 20.0 Å². The van der Waals surface area contributed by atoms with E-state index in [1.165, 1.54) is 6.20 Å². The van der Waals surface area contributed by atoms with Gasteiger partial charge in [0.15, 0.2) is 0 Å². The summed E-state index contributed by atoms with van der Waals surface area (Å²) in [5.74, 6) is 1.56. The number of aromatic nitrogens is 1. The van der Waals surface area contributed by atoms with Crippen LogP contribution in [0.2, 0.25) is 0 Å². The maximum Gasteiger partial charge on any atom is 0.230 e. The van der Waals surface area contributed by atoms with Gasteiger partial charge < -0.3 is 19.7 Å². The molecule has 1 aromatic carbocycles. The first-order chi connectivity index (χ1) is 7.77. The molecule has 1 heterocycles. The Morgan fingerprint density at radius 3 is 2.25 bits per heavy atom. The molecular weight excluding hydrogens is 208 g/mol. The van der Waals surface area contributed by atoms with Gasteiger partial charge in [-0.05, 0) is 12.1 Å². The van der Waals surface area contributed by atoms with Crippen molar-refractivity contribution in [2.45, 2.75) is 0 Å². The number of nitrogens with two attached hydrogens (primary N) is 1. The van der Waals surface area contributed by atoms with Crippen molar-refractivity contribution in [1.29, 1.82) is 0 Å². The summed E-state index contributed by atoms with van der Waals surface area (Å²) in [5, 5.41) is 3.64. The van der Waals surface area contributed by atoms with Gasteiger partial charge in [0.25, 0.3) is 0 Å². The van der Waals surface area contributed by atoms with Crippen LogP contribution in [-0.4, -0.2) is 19.4 Å². The minimum Gasteiger partial charge on any atom is -0.496 e. The van der Waals surface area contributed by atoms with Gasteiger partial charge in [-0.15, -0.1) is 0 Å². The van der Waals surface area contributed by atoms with Crippen LogP contribution in [0.1, 0.15) is 0 Å². The van der Waals surface area contributed by atoms with Crippen molar-refractivity contribution in [1.82, 2.24) is 5.16 Å². The first-order valence-electron chi connectivity index (χ1n) is 4.69. The molecule has 0 radical (unpaired) electrons. The fourth-order valence-electron chi connectivity index (χ4n) is 1.55. The lowest BCUT2D eigenvalue weighted by atomic mass is 10.1. The van der Waals surface area contributed by atoms with Crippen molar-refractivity contribution in [3.8, 4) is 22.6 Å². The van der Waals surface area contributed by atoms with E-state index < -0.39 is 0 Å². The first-order valence-corrected chi connectivity index (χ1v) is 4.69. The molecule has 0 spiro atoms. The van der Waals surface area contributed by atoms with E-state index in [9.17, 15) is 0 Å². The molecule has 2 rings (SSSR count). The predicted molar refractivity (Wildman–Crippen MR) is 59.5 cm³/mol. The van der Waals surface area contributed by atoms with Gasteiger partial charge in [0.1, 0.15) is 11.5 Å². The summed E-state index contributed by atoms with van der Waals surface area (Å²) in [5.41, 5.74) is 7.08. The van der Waals surface area contributed by atoms with E-state index in [0.717, 1.165) is 5.56 Å². The second-order valence-corrected chi connectivity index (χ2v) is 3.14. The second kappa shape index (κ2) is 4.14. The zero-order chi connectivity index (χ0) is 11.5. The zero-order valence-corrected chi connectivity index (χ0v) is 9.06. The van der Waals surface area contributed by atoms with E-state index in [2.05, 4.69) is 5.16 Å². The summed E-state index contributed by atoms with van der Waals surface area (Å²) in [6.07, 6.45) is 1.54. The van der Waals surface area contributed by atoms with Crippen molar-refractivity contribution in [3.05, 3.63) is 24.4 Å². The lowest BCUT2D eigenvalue weighted by Gasteiger charge is -2.11. The van der Waals surface area contributed by atoms with Crippen LogP contribution in [0.4, 0.5) is 5.88 Å². The molecule has 2 aromatic rings. The molecule has 1 aromatic heterocycles. The van der Waals surface area contributed by atoms with Gasteiger partial charge >= 0.3 is 0 Å². The normalized spacial score (nSPS) is 10.1. The number of methoxy groups -OCH3 is 2. The average Bonchev–Trinajstić information content (AvgIpc) is 2.74. The third kappa shape index (κ3) is 1.56. The van der Waals surface area contributed by atoms with Crippen LogP contribution < -0.4 is 15.2 Å². The molecule has 0 bridgehead atoms. The van der Waals surface area contributed by atoms with Gasteiger partial charge in [0.2, 0.25) is 5.88 Å². The molecule has 5 nitrogen and oxygen atoms in total. The Balaban J connectivity index is 2.66. The van der Waals surface area contributed by atoms with E-state index in [0.29, 0.717) is 17.1 Å². The molecule has 0 saturated heterocycles. The van der Waals surface area contributed by atoms with Gasteiger partial charge in [-0.2, -0.15) is 0 Å². The monoisotopic (exact) mass is 220 g/mol. The highest BCUT2D eigenvalue weighted by Gasteiger charge is 2.17. The number of anilines is 1. The minimum absolute atomic E-state index is 0.239. The smallest absolute Gasteiger partial charge is 0.230 e. The molecule has 84 valence electrons. The summed E-state index contributed by atoms with van der Waals surface area (Å²) in [7, 11) is 3.17. The fourth-order valence-corrected chi connectivity index (χ4v) is 1.55. The summed E-state index contributed by atoms with van der Waals surface area (Å²) < 4.78 is 15.4. The number of benzene rings is 1. The molecule has 2 N–H and O–H groups in total. The average molecular weight is 220 g/mol. The summed E-state index contributed by atoms with van der Waals surface area (Å²) in [4.78, 5) is 0. The second-order valence-electron chi connectivity index (χ2n) is 3.14. The van der Waals surface area contributed by atoms with Crippen LogP contribution in [0.25, 0.3) is 11.1 Å². The van der Waals surface area contributed by atoms with Crippen LogP contribution in [-0.2, 0) is 0 Å². The standard InChI is InChI=1S/C11H12N2O3/c1-14-8-4-3-5-9(15-2)10(8)7-6-13-16-11(7)12/h3-6H,12H2,1-2H3. The molecular formula is C11H12N2O3. The Bertz CT molecular complexity index is 471. The highest BCUT2D eigenvalue weighted by molar-refractivity contribution is 5.82. The number of rotatable bonds is 3. The van der Waals surface area contributed by atoms with Gasteiger partial charge in [-0.3, -0.25) is 0 Å². The van der Waals surface area contributed by atoms with Crippen molar-refractivity contribution >= 4 is 5.88 Å². The third-order valence-electron chi connectivity index (χ3n) is 2.30. The Morgan fingerprint density at radius 2 is 1.81 bits per heavy atom. The minimum atomic E-state index is 0.239. The first kappa shape index (κ1) is 10.4. The van der Waals surface area contributed by atoms with Crippen LogP contribution in [0.15, 0.2) is 28.9 Å². The van der Waals surface area contributed by atoms with Crippen molar-refractivity contribution in [2.24, 2.45) is 0 Å². The van der Waals surface area contributed by atoms with Crippen LogP contribution in [0.5, 0.6) is 11.5 Å². The largest absolute Gasteiger partial charge is 0.496 e. The summed E-state index contributed by atoms with van der Waals surface area (Å²) >= 11 is 0. The zero-order valence-electron chi connectivity index (χ0n) is 9.06. The van der Waals surface area contributed by atoms with Gasteiger partial charge in [0.05, 0.1) is 31.5 Å². The van der Waals surface area contributed by atoms with Gasteiger partial charge in [0, 0.05) is 0 Å². The van der Waals surface area contributed by atoms with E-state index >= 15 is 0 Å². The number of hydrogen-bond acceptors (Lipinski definition) is 5. The molecule has 0 aliphatic rings.